The Morgan fingerprint density at radius 2 is 0.944 bits per heavy atom. The van der Waals surface area contributed by atoms with Crippen LogP contribution in [0.25, 0.3) is 0 Å². The summed E-state index contributed by atoms with van der Waals surface area (Å²) in [5.74, 6) is 1.18. The molecule has 180 valence electrons. The van der Waals surface area contributed by atoms with Crippen molar-refractivity contribution >= 4 is 31.9 Å². The average Bonchev–Trinajstić information content (AvgIpc) is 2.95. The minimum Gasteiger partial charge on any atom is -0.0884 e. The fraction of sp³-hybridized carbons (Fsp3) is 0.294. The van der Waals surface area contributed by atoms with Crippen molar-refractivity contribution in [1.29, 1.82) is 0 Å². The van der Waals surface area contributed by atoms with Gasteiger partial charge in [-0.05, 0) is 53.4 Å². The van der Waals surface area contributed by atoms with Crippen molar-refractivity contribution in [1.82, 2.24) is 0 Å². The fourth-order valence-corrected chi connectivity index (χ4v) is 11.6. The number of alkyl halides is 2. The van der Waals surface area contributed by atoms with E-state index in [-0.39, 0.29) is 16.2 Å². The molecule has 4 saturated carbocycles. The Labute approximate surface area is 231 Å². The molecule has 0 aliphatic heterocycles. The van der Waals surface area contributed by atoms with E-state index in [2.05, 4.69) is 153 Å². The van der Waals surface area contributed by atoms with Crippen LogP contribution in [0, 0.1) is 11.8 Å². The highest BCUT2D eigenvalue weighted by molar-refractivity contribution is 9.10. The molecule has 0 N–H and O–H groups in total. The molecule has 6 unspecified atom stereocenters. The Morgan fingerprint density at radius 1 is 0.500 bits per heavy atom. The molecular formula is C34H30Br2. The molecule has 8 rings (SSSR count). The summed E-state index contributed by atoms with van der Waals surface area (Å²) < 4.78 is 0. The number of rotatable bonds is 4. The number of halogens is 2. The van der Waals surface area contributed by atoms with E-state index in [9.17, 15) is 0 Å². The Balaban J connectivity index is 1.69. The van der Waals surface area contributed by atoms with E-state index in [0.29, 0.717) is 21.5 Å². The molecule has 2 heteroatoms. The van der Waals surface area contributed by atoms with E-state index in [1.165, 1.54) is 28.7 Å². The second-order valence-electron chi connectivity index (χ2n) is 11.2. The third kappa shape index (κ3) is 2.76. The molecule has 4 aromatic rings. The van der Waals surface area contributed by atoms with Crippen LogP contribution in [0.5, 0.6) is 0 Å². The lowest BCUT2D eigenvalue weighted by atomic mass is 9.29. The summed E-state index contributed by atoms with van der Waals surface area (Å²) in [6.07, 6.45) is 3.52. The van der Waals surface area contributed by atoms with Gasteiger partial charge in [0.25, 0.3) is 0 Å². The first-order chi connectivity index (χ1) is 17.6. The van der Waals surface area contributed by atoms with Crippen molar-refractivity contribution in [2.75, 3.05) is 0 Å². The SMILES string of the molecule is BrC1C2CC3(c4ccccc4)CC1C(Br)C(c1ccccc1)(C2)C3(c1ccccc1)c1ccccc1. The van der Waals surface area contributed by atoms with Crippen molar-refractivity contribution in [2.45, 2.75) is 45.2 Å². The normalized spacial score (nSPS) is 33.9. The van der Waals surface area contributed by atoms with Crippen molar-refractivity contribution in [3.63, 3.8) is 0 Å². The standard InChI is InChI=1S/C34H30Br2/c35-30-24-21-32(25-13-5-1-6-14-25)23-29(30)31(36)33(22-24,26-15-7-2-8-16-26)34(32,27-17-9-3-10-18-27)28-19-11-4-12-20-28/h1-20,24,29-31H,21-23H2. The molecule has 0 heterocycles. The molecule has 0 radical (unpaired) electrons. The molecule has 0 amide bonds. The molecule has 4 bridgehead atoms. The first-order valence-electron chi connectivity index (χ1n) is 13.2. The van der Waals surface area contributed by atoms with Crippen LogP contribution in [0.1, 0.15) is 41.5 Å². The molecular weight excluding hydrogens is 568 g/mol. The van der Waals surface area contributed by atoms with Crippen LogP contribution in [0.2, 0.25) is 0 Å². The smallest absolute Gasteiger partial charge is 0.0407 e. The Hall–Kier alpha value is -2.16. The second-order valence-corrected chi connectivity index (χ2v) is 13.2. The number of hydrogen-bond donors (Lipinski definition) is 0. The predicted molar refractivity (Wildman–Crippen MR) is 156 cm³/mol. The van der Waals surface area contributed by atoms with Gasteiger partial charge >= 0.3 is 0 Å². The summed E-state index contributed by atoms with van der Waals surface area (Å²) in [6.45, 7) is 0. The summed E-state index contributed by atoms with van der Waals surface area (Å²) >= 11 is 8.68. The van der Waals surface area contributed by atoms with Gasteiger partial charge in [-0.25, -0.2) is 0 Å². The minimum atomic E-state index is -0.223. The number of benzene rings is 4. The third-order valence-corrected chi connectivity index (χ3v) is 12.8. The largest absolute Gasteiger partial charge is 0.0884 e. The lowest BCUT2D eigenvalue weighted by Gasteiger charge is -2.76. The second kappa shape index (κ2) is 8.43. The highest BCUT2D eigenvalue weighted by atomic mass is 79.9. The molecule has 4 aromatic carbocycles. The van der Waals surface area contributed by atoms with Gasteiger partial charge in [0.1, 0.15) is 0 Å². The lowest BCUT2D eigenvalue weighted by molar-refractivity contribution is -0.0769. The molecule has 0 spiro atoms. The Kier molecular flexibility index (Phi) is 5.38. The van der Waals surface area contributed by atoms with Gasteiger partial charge in [-0.15, -0.1) is 0 Å². The maximum Gasteiger partial charge on any atom is 0.0407 e. The van der Waals surface area contributed by atoms with Crippen molar-refractivity contribution in [2.24, 2.45) is 11.8 Å². The van der Waals surface area contributed by atoms with Gasteiger partial charge in [0.2, 0.25) is 0 Å². The summed E-state index contributed by atoms with van der Waals surface area (Å²) in [6, 6.07) is 46.0. The highest BCUT2D eigenvalue weighted by Crippen LogP contribution is 2.78. The lowest BCUT2D eigenvalue weighted by Crippen LogP contribution is -2.78. The molecule has 4 aliphatic carbocycles. The van der Waals surface area contributed by atoms with E-state index in [1.807, 2.05) is 0 Å². The van der Waals surface area contributed by atoms with Crippen LogP contribution in [0.3, 0.4) is 0 Å². The molecule has 6 atom stereocenters. The van der Waals surface area contributed by atoms with Gasteiger partial charge in [-0.1, -0.05) is 153 Å². The Morgan fingerprint density at radius 3 is 1.44 bits per heavy atom. The van der Waals surface area contributed by atoms with E-state index >= 15 is 0 Å². The molecule has 0 nitrogen and oxygen atoms in total. The summed E-state index contributed by atoms with van der Waals surface area (Å²) in [4.78, 5) is 0.894. The van der Waals surface area contributed by atoms with Gasteiger partial charge in [0.15, 0.2) is 0 Å². The van der Waals surface area contributed by atoms with E-state index in [4.69, 9.17) is 0 Å². The molecule has 0 saturated heterocycles. The predicted octanol–water partition coefficient (Wildman–Crippen LogP) is 8.82. The van der Waals surface area contributed by atoms with Gasteiger partial charge in [-0.2, -0.15) is 0 Å². The van der Waals surface area contributed by atoms with Crippen molar-refractivity contribution in [3.05, 3.63) is 144 Å². The van der Waals surface area contributed by atoms with E-state index in [1.54, 1.807) is 0 Å². The summed E-state index contributed by atoms with van der Waals surface area (Å²) in [5.41, 5.74) is 5.51. The minimum absolute atomic E-state index is 0.0189. The summed E-state index contributed by atoms with van der Waals surface area (Å²) in [5, 5.41) is 0. The van der Waals surface area contributed by atoms with Gasteiger partial charge in [0.05, 0.1) is 0 Å². The first-order valence-corrected chi connectivity index (χ1v) is 15.0. The maximum absolute atomic E-state index is 4.45. The average molecular weight is 598 g/mol. The van der Waals surface area contributed by atoms with Gasteiger partial charge in [0, 0.05) is 25.9 Å². The van der Waals surface area contributed by atoms with Crippen molar-refractivity contribution < 1.29 is 0 Å². The number of hydrogen-bond acceptors (Lipinski definition) is 0. The quantitative estimate of drug-likeness (QED) is 0.206. The van der Waals surface area contributed by atoms with Crippen LogP contribution < -0.4 is 0 Å². The zero-order chi connectivity index (χ0) is 24.4. The van der Waals surface area contributed by atoms with Crippen LogP contribution in [0.15, 0.2) is 121 Å². The van der Waals surface area contributed by atoms with E-state index in [0.717, 1.165) is 12.8 Å². The van der Waals surface area contributed by atoms with Crippen LogP contribution in [-0.4, -0.2) is 9.65 Å². The highest BCUT2D eigenvalue weighted by Gasteiger charge is 2.77. The third-order valence-electron chi connectivity index (χ3n) is 9.90. The fourth-order valence-electron chi connectivity index (χ4n) is 8.99. The van der Waals surface area contributed by atoms with Gasteiger partial charge in [-0.3, -0.25) is 0 Å². The monoisotopic (exact) mass is 596 g/mol. The summed E-state index contributed by atoms with van der Waals surface area (Å²) in [7, 11) is 0. The van der Waals surface area contributed by atoms with Crippen LogP contribution in [-0.2, 0) is 16.2 Å². The molecule has 4 fully saturated rings. The zero-order valence-electron chi connectivity index (χ0n) is 20.2. The molecule has 36 heavy (non-hydrogen) atoms. The molecule has 0 aromatic heterocycles. The van der Waals surface area contributed by atoms with Crippen LogP contribution >= 0.6 is 31.9 Å². The van der Waals surface area contributed by atoms with E-state index < -0.39 is 0 Å². The van der Waals surface area contributed by atoms with Gasteiger partial charge < -0.3 is 0 Å². The topological polar surface area (TPSA) is 0 Å². The Bertz CT molecular complexity index is 1310. The zero-order valence-corrected chi connectivity index (χ0v) is 23.4. The maximum atomic E-state index is 4.45. The van der Waals surface area contributed by atoms with Crippen LogP contribution in [0.4, 0.5) is 0 Å². The van der Waals surface area contributed by atoms with Crippen molar-refractivity contribution in [3.8, 4) is 0 Å². The first kappa shape index (κ1) is 23.0. The molecule has 4 aliphatic rings.